The van der Waals surface area contributed by atoms with Crippen molar-refractivity contribution < 1.29 is 23.9 Å². The summed E-state index contributed by atoms with van der Waals surface area (Å²) < 4.78 is 10.3. The molecule has 0 aromatic heterocycles. The van der Waals surface area contributed by atoms with Crippen molar-refractivity contribution in [3.05, 3.63) is 59.7 Å². The fourth-order valence-corrected chi connectivity index (χ4v) is 2.40. The van der Waals surface area contributed by atoms with Crippen LogP contribution in [-0.4, -0.2) is 37.0 Å². The number of rotatable bonds is 7. The SMILES string of the molecule is COc1cccc(NC(=O)C(C)OC(=O)C(C)NC(=O)c2cccc(C)c2)c1. The van der Waals surface area contributed by atoms with Crippen molar-refractivity contribution in [3.8, 4) is 5.75 Å². The first kappa shape index (κ1) is 21.0. The summed E-state index contributed by atoms with van der Waals surface area (Å²) in [7, 11) is 1.53. The van der Waals surface area contributed by atoms with Crippen LogP contribution in [-0.2, 0) is 14.3 Å². The number of hydrogen-bond acceptors (Lipinski definition) is 5. The lowest BCUT2D eigenvalue weighted by Gasteiger charge is -2.18. The summed E-state index contributed by atoms with van der Waals surface area (Å²) in [6.45, 7) is 4.84. The third-order valence-electron chi connectivity index (χ3n) is 3.98. The van der Waals surface area contributed by atoms with Gasteiger partial charge in [-0.3, -0.25) is 9.59 Å². The molecule has 2 unspecified atom stereocenters. The van der Waals surface area contributed by atoms with Gasteiger partial charge in [-0.2, -0.15) is 0 Å². The normalized spacial score (nSPS) is 12.4. The highest BCUT2D eigenvalue weighted by molar-refractivity contribution is 5.98. The number of amides is 2. The fourth-order valence-electron chi connectivity index (χ4n) is 2.40. The standard InChI is InChI=1S/C21H24N2O5/c1-13-7-5-8-16(11-13)20(25)22-14(2)21(26)28-15(3)19(24)23-17-9-6-10-18(12-17)27-4/h5-12,14-15H,1-4H3,(H,22,25)(H,23,24). The highest BCUT2D eigenvalue weighted by Crippen LogP contribution is 2.17. The first-order valence-corrected chi connectivity index (χ1v) is 8.83. The maximum absolute atomic E-state index is 12.2. The van der Waals surface area contributed by atoms with Crippen molar-refractivity contribution in [1.82, 2.24) is 5.32 Å². The van der Waals surface area contributed by atoms with Gasteiger partial charge in [0, 0.05) is 17.3 Å². The van der Waals surface area contributed by atoms with E-state index in [1.807, 2.05) is 13.0 Å². The number of hydrogen-bond donors (Lipinski definition) is 2. The van der Waals surface area contributed by atoms with Crippen LogP contribution >= 0.6 is 0 Å². The molecule has 0 saturated carbocycles. The number of benzene rings is 2. The molecule has 148 valence electrons. The topological polar surface area (TPSA) is 93.7 Å². The van der Waals surface area contributed by atoms with Crippen LogP contribution in [0, 0.1) is 6.92 Å². The Hall–Kier alpha value is -3.35. The van der Waals surface area contributed by atoms with E-state index in [2.05, 4.69) is 10.6 Å². The Labute approximate surface area is 164 Å². The van der Waals surface area contributed by atoms with E-state index in [0.29, 0.717) is 17.0 Å². The molecule has 7 nitrogen and oxygen atoms in total. The zero-order valence-corrected chi connectivity index (χ0v) is 16.3. The largest absolute Gasteiger partial charge is 0.497 e. The first-order chi connectivity index (χ1) is 13.3. The van der Waals surface area contributed by atoms with Crippen molar-refractivity contribution in [2.75, 3.05) is 12.4 Å². The molecule has 0 aliphatic carbocycles. The highest BCUT2D eigenvalue weighted by Gasteiger charge is 2.23. The molecule has 2 aromatic rings. The van der Waals surface area contributed by atoms with Gasteiger partial charge in [0.25, 0.3) is 11.8 Å². The van der Waals surface area contributed by atoms with E-state index in [9.17, 15) is 14.4 Å². The molecular weight excluding hydrogens is 360 g/mol. The van der Waals surface area contributed by atoms with Gasteiger partial charge < -0.3 is 20.1 Å². The third kappa shape index (κ3) is 5.84. The number of ether oxygens (including phenoxy) is 2. The Morgan fingerprint density at radius 1 is 1.00 bits per heavy atom. The number of carbonyl (C=O) groups excluding carboxylic acids is 3. The van der Waals surface area contributed by atoms with Gasteiger partial charge in [-0.15, -0.1) is 0 Å². The van der Waals surface area contributed by atoms with Gasteiger partial charge in [0.05, 0.1) is 7.11 Å². The van der Waals surface area contributed by atoms with Crippen LogP contribution in [0.25, 0.3) is 0 Å². The minimum atomic E-state index is -1.03. The van der Waals surface area contributed by atoms with Crippen LogP contribution in [0.15, 0.2) is 48.5 Å². The van der Waals surface area contributed by atoms with E-state index in [-0.39, 0.29) is 5.91 Å². The molecule has 0 saturated heterocycles. The molecule has 0 spiro atoms. The predicted molar refractivity (Wildman–Crippen MR) is 105 cm³/mol. The molecule has 2 amide bonds. The maximum Gasteiger partial charge on any atom is 0.329 e. The van der Waals surface area contributed by atoms with Gasteiger partial charge in [0.2, 0.25) is 0 Å². The molecule has 2 aromatic carbocycles. The van der Waals surface area contributed by atoms with E-state index in [4.69, 9.17) is 9.47 Å². The summed E-state index contributed by atoms with van der Waals surface area (Å²) in [6, 6.07) is 12.9. The zero-order chi connectivity index (χ0) is 20.7. The van der Waals surface area contributed by atoms with Gasteiger partial charge in [-0.05, 0) is 45.0 Å². The number of carbonyl (C=O) groups is 3. The molecule has 0 aliphatic rings. The molecule has 7 heteroatoms. The quantitative estimate of drug-likeness (QED) is 0.716. The molecule has 0 radical (unpaired) electrons. The lowest BCUT2D eigenvalue weighted by molar-refractivity contribution is -0.154. The third-order valence-corrected chi connectivity index (χ3v) is 3.98. The van der Waals surface area contributed by atoms with Crippen LogP contribution in [0.3, 0.4) is 0 Å². The second-order valence-corrected chi connectivity index (χ2v) is 6.36. The number of aryl methyl sites for hydroxylation is 1. The van der Waals surface area contributed by atoms with E-state index in [0.717, 1.165) is 5.56 Å². The van der Waals surface area contributed by atoms with E-state index < -0.39 is 24.0 Å². The number of anilines is 1. The van der Waals surface area contributed by atoms with Gasteiger partial charge in [-0.25, -0.2) is 4.79 Å². The number of methoxy groups -OCH3 is 1. The monoisotopic (exact) mass is 384 g/mol. The van der Waals surface area contributed by atoms with Gasteiger partial charge in [0.15, 0.2) is 6.10 Å². The van der Waals surface area contributed by atoms with E-state index >= 15 is 0 Å². The van der Waals surface area contributed by atoms with Gasteiger partial charge in [-0.1, -0.05) is 23.8 Å². The second kappa shape index (κ2) is 9.55. The number of nitrogens with one attached hydrogen (secondary N) is 2. The van der Waals surface area contributed by atoms with Gasteiger partial charge in [0.1, 0.15) is 11.8 Å². The van der Waals surface area contributed by atoms with Crippen LogP contribution in [0.4, 0.5) is 5.69 Å². The fraction of sp³-hybridized carbons (Fsp3) is 0.286. The molecule has 0 aliphatic heterocycles. The lowest BCUT2D eigenvalue weighted by atomic mass is 10.1. The molecule has 28 heavy (non-hydrogen) atoms. The molecular formula is C21H24N2O5. The van der Waals surface area contributed by atoms with Gasteiger partial charge >= 0.3 is 5.97 Å². The van der Waals surface area contributed by atoms with E-state index in [1.54, 1.807) is 42.5 Å². The van der Waals surface area contributed by atoms with Crippen molar-refractivity contribution in [2.45, 2.75) is 32.9 Å². The van der Waals surface area contributed by atoms with E-state index in [1.165, 1.54) is 21.0 Å². The average Bonchev–Trinajstić information content (AvgIpc) is 2.67. The minimum absolute atomic E-state index is 0.387. The van der Waals surface area contributed by atoms with Crippen molar-refractivity contribution in [1.29, 1.82) is 0 Å². The molecule has 2 rings (SSSR count). The number of esters is 1. The molecule has 0 bridgehead atoms. The van der Waals surface area contributed by atoms with Crippen LogP contribution in [0.1, 0.15) is 29.8 Å². The molecule has 2 atom stereocenters. The molecule has 0 fully saturated rings. The Bertz CT molecular complexity index is 865. The maximum atomic E-state index is 12.2. The first-order valence-electron chi connectivity index (χ1n) is 8.83. The van der Waals surface area contributed by atoms with Crippen molar-refractivity contribution in [2.24, 2.45) is 0 Å². The smallest absolute Gasteiger partial charge is 0.329 e. The lowest BCUT2D eigenvalue weighted by Crippen LogP contribution is -2.42. The Morgan fingerprint density at radius 3 is 2.39 bits per heavy atom. The zero-order valence-electron chi connectivity index (χ0n) is 16.3. The van der Waals surface area contributed by atoms with Crippen LogP contribution in [0.2, 0.25) is 0 Å². The van der Waals surface area contributed by atoms with Crippen LogP contribution < -0.4 is 15.4 Å². The molecule has 2 N–H and O–H groups in total. The van der Waals surface area contributed by atoms with Crippen molar-refractivity contribution in [3.63, 3.8) is 0 Å². The summed E-state index contributed by atoms with van der Waals surface area (Å²) in [5, 5.41) is 5.22. The summed E-state index contributed by atoms with van der Waals surface area (Å²) in [5.74, 6) is -0.982. The minimum Gasteiger partial charge on any atom is -0.497 e. The predicted octanol–water partition coefficient (Wildman–Crippen LogP) is 2.69. The summed E-state index contributed by atoms with van der Waals surface area (Å²) in [4.78, 5) is 36.7. The Balaban J connectivity index is 1.89. The Kier molecular flexibility index (Phi) is 7.14. The molecule has 0 heterocycles. The summed E-state index contributed by atoms with van der Waals surface area (Å²) in [6.07, 6.45) is -1.03. The average molecular weight is 384 g/mol. The van der Waals surface area contributed by atoms with Crippen LogP contribution in [0.5, 0.6) is 5.75 Å². The Morgan fingerprint density at radius 2 is 1.71 bits per heavy atom. The highest BCUT2D eigenvalue weighted by atomic mass is 16.5. The second-order valence-electron chi connectivity index (χ2n) is 6.36. The summed E-state index contributed by atoms with van der Waals surface area (Å²) in [5.41, 5.74) is 1.90. The van der Waals surface area contributed by atoms with Crippen molar-refractivity contribution >= 4 is 23.5 Å². The summed E-state index contributed by atoms with van der Waals surface area (Å²) >= 11 is 0.